The zero-order valence-corrected chi connectivity index (χ0v) is 8.99. The Bertz CT molecular complexity index is 277. The second kappa shape index (κ2) is 5.58. The van der Waals surface area contributed by atoms with Crippen LogP contribution in [0.1, 0.15) is 44.6 Å². The predicted octanol–water partition coefficient (Wildman–Crippen LogP) is 3.55. The Morgan fingerprint density at radius 3 is 2.43 bits per heavy atom. The molecule has 0 heterocycles. The van der Waals surface area contributed by atoms with E-state index in [-0.39, 0.29) is 0 Å². The molecule has 0 radical (unpaired) electrons. The Morgan fingerprint density at radius 2 is 1.93 bits per heavy atom. The summed E-state index contributed by atoms with van der Waals surface area (Å²) in [5, 5.41) is 0. The first-order valence-electron chi connectivity index (χ1n) is 5.28. The summed E-state index contributed by atoms with van der Waals surface area (Å²) in [7, 11) is 0. The van der Waals surface area contributed by atoms with Crippen molar-refractivity contribution in [3.8, 4) is 0 Å². The summed E-state index contributed by atoms with van der Waals surface area (Å²) in [6.07, 6.45) is 2.79. The number of carbonyl (C=O) groups excluding carboxylic acids is 1. The van der Waals surface area contributed by atoms with E-state index in [0.29, 0.717) is 18.1 Å². The molecule has 1 aromatic rings. The number of rotatable bonds is 5. The maximum Gasteiger partial charge on any atom is 0.129 e. The highest BCUT2D eigenvalue weighted by Gasteiger charge is 2.09. The van der Waals surface area contributed by atoms with Gasteiger partial charge in [-0.15, -0.1) is 0 Å². The van der Waals surface area contributed by atoms with Crippen molar-refractivity contribution in [3.63, 3.8) is 0 Å². The lowest BCUT2D eigenvalue weighted by molar-refractivity contribution is -0.117. The molecule has 0 aromatic heterocycles. The number of Topliss-reactive ketones (excluding diaryl/α,β-unsaturated/α-hetero) is 1. The zero-order valence-electron chi connectivity index (χ0n) is 8.99. The van der Waals surface area contributed by atoms with E-state index in [1.165, 1.54) is 5.56 Å². The summed E-state index contributed by atoms with van der Waals surface area (Å²) in [6, 6.07) is 10.4. The average molecular weight is 190 g/mol. The second-order valence-electron chi connectivity index (χ2n) is 3.76. The third-order valence-electron chi connectivity index (χ3n) is 2.61. The summed E-state index contributed by atoms with van der Waals surface area (Å²) < 4.78 is 0. The van der Waals surface area contributed by atoms with Gasteiger partial charge in [-0.2, -0.15) is 0 Å². The van der Waals surface area contributed by atoms with Crippen LogP contribution in [0.15, 0.2) is 30.3 Å². The first-order chi connectivity index (χ1) is 6.74. The largest absolute Gasteiger partial charge is 0.300 e. The highest BCUT2D eigenvalue weighted by Crippen LogP contribution is 2.24. The molecule has 0 aliphatic heterocycles. The summed E-state index contributed by atoms with van der Waals surface area (Å²) in [5.74, 6) is 0.833. The Labute approximate surface area is 86.1 Å². The van der Waals surface area contributed by atoms with E-state index in [0.717, 1.165) is 12.8 Å². The lowest BCUT2D eigenvalue weighted by atomic mass is 9.91. The summed E-state index contributed by atoms with van der Waals surface area (Å²) in [6.45, 7) is 3.84. The maximum absolute atomic E-state index is 10.9. The first-order valence-corrected chi connectivity index (χ1v) is 5.28. The smallest absolute Gasteiger partial charge is 0.129 e. The third kappa shape index (κ3) is 3.33. The van der Waals surface area contributed by atoms with Gasteiger partial charge in [0.2, 0.25) is 0 Å². The van der Waals surface area contributed by atoms with Crippen LogP contribution < -0.4 is 0 Å². The third-order valence-corrected chi connectivity index (χ3v) is 2.61. The van der Waals surface area contributed by atoms with Crippen LogP contribution in [0.4, 0.5) is 0 Å². The maximum atomic E-state index is 10.9. The minimum absolute atomic E-state index is 0.291. The molecule has 76 valence electrons. The minimum atomic E-state index is 0.291. The number of benzene rings is 1. The lowest BCUT2D eigenvalue weighted by Gasteiger charge is -2.13. The van der Waals surface area contributed by atoms with Gasteiger partial charge < -0.3 is 4.79 Å². The fourth-order valence-corrected chi connectivity index (χ4v) is 1.71. The normalized spacial score (nSPS) is 12.4. The van der Waals surface area contributed by atoms with Crippen LogP contribution >= 0.6 is 0 Å². The van der Waals surface area contributed by atoms with Crippen molar-refractivity contribution in [2.75, 3.05) is 0 Å². The Kier molecular flexibility index (Phi) is 4.37. The zero-order chi connectivity index (χ0) is 10.4. The van der Waals surface area contributed by atoms with Crippen molar-refractivity contribution >= 4 is 5.78 Å². The van der Waals surface area contributed by atoms with Gasteiger partial charge in [-0.3, -0.25) is 0 Å². The molecule has 0 aliphatic rings. The van der Waals surface area contributed by atoms with E-state index >= 15 is 0 Å². The Balaban J connectivity index is 2.58. The van der Waals surface area contributed by atoms with Crippen molar-refractivity contribution in [2.24, 2.45) is 0 Å². The topological polar surface area (TPSA) is 17.1 Å². The average Bonchev–Trinajstić information content (AvgIpc) is 2.20. The summed E-state index contributed by atoms with van der Waals surface area (Å²) in [4.78, 5) is 10.9. The SMILES string of the molecule is CC[C@H](CCC(C)=O)c1ccccc1. The van der Waals surface area contributed by atoms with Crippen LogP contribution in [0.25, 0.3) is 0 Å². The van der Waals surface area contributed by atoms with E-state index in [4.69, 9.17) is 0 Å². The molecule has 1 nitrogen and oxygen atoms in total. The van der Waals surface area contributed by atoms with Gasteiger partial charge in [0, 0.05) is 6.42 Å². The van der Waals surface area contributed by atoms with Gasteiger partial charge in [-0.1, -0.05) is 37.3 Å². The first kappa shape index (κ1) is 11.0. The Morgan fingerprint density at radius 1 is 1.29 bits per heavy atom. The van der Waals surface area contributed by atoms with E-state index < -0.39 is 0 Å². The molecule has 1 aromatic carbocycles. The van der Waals surface area contributed by atoms with Crippen LogP contribution in [0.3, 0.4) is 0 Å². The van der Waals surface area contributed by atoms with Crippen molar-refractivity contribution in [3.05, 3.63) is 35.9 Å². The van der Waals surface area contributed by atoms with Gasteiger partial charge in [0.25, 0.3) is 0 Å². The molecule has 1 atom stereocenters. The van der Waals surface area contributed by atoms with Crippen molar-refractivity contribution in [1.29, 1.82) is 0 Å². The standard InChI is InChI=1S/C13H18O/c1-3-12(10-9-11(2)14)13-7-5-4-6-8-13/h4-8,12H,3,9-10H2,1-2H3/t12-/m1/s1. The molecule has 1 heteroatoms. The van der Waals surface area contributed by atoms with Gasteiger partial charge in [-0.25, -0.2) is 0 Å². The number of ketones is 1. The van der Waals surface area contributed by atoms with Gasteiger partial charge in [0.15, 0.2) is 0 Å². The van der Waals surface area contributed by atoms with Gasteiger partial charge in [-0.05, 0) is 31.2 Å². The number of carbonyl (C=O) groups is 1. The Hall–Kier alpha value is -1.11. The second-order valence-corrected chi connectivity index (χ2v) is 3.76. The fraction of sp³-hybridized carbons (Fsp3) is 0.462. The van der Waals surface area contributed by atoms with Crippen LogP contribution in [0, 0.1) is 0 Å². The summed E-state index contributed by atoms with van der Waals surface area (Å²) in [5.41, 5.74) is 1.36. The van der Waals surface area contributed by atoms with Crippen molar-refractivity contribution in [2.45, 2.75) is 39.0 Å². The molecule has 0 saturated heterocycles. The fourth-order valence-electron chi connectivity index (χ4n) is 1.71. The van der Waals surface area contributed by atoms with Crippen molar-refractivity contribution < 1.29 is 4.79 Å². The van der Waals surface area contributed by atoms with Gasteiger partial charge in [0.1, 0.15) is 5.78 Å². The molecular weight excluding hydrogens is 172 g/mol. The molecule has 0 N–H and O–H groups in total. The van der Waals surface area contributed by atoms with Gasteiger partial charge in [0.05, 0.1) is 0 Å². The molecule has 0 bridgehead atoms. The van der Waals surface area contributed by atoms with Crippen LogP contribution in [-0.4, -0.2) is 5.78 Å². The van der Waals surface area contributed by atoms with E-state index in [1.54, 1.807) is 6.92 Å². The molecular formula is C13H18O. The molecule has 14 heavy (non-hydrogen) atoms. The molecule has 0 spiro atoms. The molecule has 0 aliphatic carbocycles. The van der Waals surface area contributed by atoms with Crippen LogP contribution in [0.5, 0.6) is 0 Å². The highest BCUT2D eigenvalue weighted by atomic mass is 16.1. The quantitative estimate of drug-likeness (QED) is 0.694. The predicted molar refractivity (Wildman–Crippen MR) is 59.4 cm³/mol. The number of hydrogen-bond acceptors (Lipinski definition) is 1. The molecule has 0 amide bonds. The van der Waals surface area contributed by atoms with E-state index in [2.05, 4.69) is 31.2 Å². The monoisotopic (exact) mass is 190 g/mol. The molecule has 0 unspecified atom stereocenters. The van der Waals surface area contributed by atoms with Crippen LogP contribution in [-0.2, 0) is 4.79 Å². The van der Waals surface area contributed by atoms with Crippen LogP contribution in [0.2, 0.25) is 0 Å². The summed E-state index contributed by atoms with van der Waals surface area (Å²) >= 11 is 0. The number of hydrogen-bond donors (Lipinski definition) is 0. The van der Waals surface area contributed by atoms with Crippen molar-refractivity contribution in [1.82, 2.24) is 0 Å². The molecule has 0 fully saturated rings. The highest BCUT2D eigenvalue weighted by molar-refractivity contribution is 5.75. The van der Waals surface area contributed by atoms with E-state index in [9.17, 15) is 4.79 Å². The van der Waals surface area contributed by atoms with Gasteiger partial charge >= 0.3 is 0 Å². The molecule has 0 saturated carbocycles. The molecule has 1 rings (SSSR count). The minimum Gasteiger partial charge on any atom is -0.300 e. The van der Waals surface area contributed by atoms with E-state index in [1.807, 2.05) is 6.07 Å². The lowest BCUT2D eigenvalue weighted by Crippen LogP contribution is -2.00.